The Bertz CT molecular complexity index is 358. The van der Waals surface area contributed by atoms with Crippen LogP contribution in [-0.2, 0) is 4.79 Å². The number of amidine groups is 3. The second-order valence-corrected chi connectivity index (χ2v) is 3.45. The maximum Gasteiger partial charge on any atom is 0.258 e. The van der Waals surface area contributed by atoms with E-state index in [0.717, 1.165) is 0 Å². The van der Waals surface area contributed by atoms with Gasteiger partial charge in [-0.1, -0.05) is 11.8 Å². The van der Waals surface area contributed by atoms with Gasteiger partial charge < -0.3 is 5.32 Å². The number of nitrogens with one attached hydrogen (secondary N) is 1. The lowest BCUT2D eigenvalue weighted by Gasteiger charge is -2.15. The first kappa shape index (κ1) is 8.43. The lowest BCUT2D eigenvalue weighted by molar-refractivity contribution is -0.119. The Morgan fingerprint density at radius 2 is 2.23 bits per heavy atom. The van der Waals surface area contributed by atoms with E-state index in [0.29, 0.717) is 16.8 Å². The Kier molecular flexibility index (Phi) is 1.91. The first-order valence-corrected chi connectivity index (χ1v) is 4.99. The standard InChI is InChI=1S/C7H8N4OS/c1-3-8-4-5(9-3)10-7(13-2)11-6(4)12/h4H,1-2H3,(H,8,9,10,11,12). The van der Waals surface area contributed by atoms with Crippen LogP contribution >= 0.6 is 11.8 Å². The van der Waals surface area contributed by atoms with Crippen LogP contribution in [0.3, 0.4) is 0 Å². The molecule has 13 heavy (non-hydrogen) atoms. The van der Waals surface area contributed by atoms with E-state index in [1.807, 2.05) is 6.26 Å². The highest BCUT2D eigenvalue weighted by molar-refractivity contribution is 8.13. The SMILES string of the molecule is CSC1=NC2=NC(C)=NC2C(=O)N1. The number of hydrogen-bond acceptors (Lipinski definition) is 5. The van der Waals surface area contributed by atoms with Crippen molar-refractivity contribution in [1.82, 2.24) is 5.32 Å². The fourth-order valence-electron chi connectivity index (χ4n) is 1.16. The highest BCUT2D eigenvalue weighted by Crippen LogP contribution is 2.13. The van der Waals surface area contributed by atoms with Crippen LogP contribution in [0, 0.1) is 0 Å². The maximum atomic E-state index is 11.4. The van der Waals surface area contributed by atoms with Crippen LogP contribution in [0.2, 0.25) is 0 Å². The quantitative estimate of drug-likeness (QED) is 0.594. The van der Waals surface area contributed by atoms with Gasteiger partial charge >= 0.3 is 0 Å². The van der Waals surface area contributed by atoms with E-state index >= 15 is 0 Å². The lowest BCUT2D eigenvalue weighted by Crippen LogP contribution is -2.44. The second-order valence-electron chi connectivity index (χ2n) is 2.66. The van der Waals surface area contributed by atoms with Gasteiger partial charge in [-0.15, -0.1) is 0 Å². The summed E-state index contributed by atoms with van der Waals surface area (Å²) in [6, 6.07) is -0.518. The highest BCUT2D eigenvalue weighted by atomic mass is 32.2. The van der Waals surface area contributed by atoms with Crippen LogP contribution in [0.5, 0.6) is 0 Å². The molecular formula is C7H8N4OS. The van der Waals surface area contributed by atoms with Crippen LogP contribution < -0.4 is 5.32 Å². The molecule has 0 aliphatic carbocycles. The van der Waals surface area contributed by atoms with Crippen LogP contribution in [0.1, 0.15) is 6.92 Å². The van der Waals surface area contributed by atoms with E-state index in [9.17, 15) is 4.79 Å². The first-order chi connectivity index (χ1) is 6.20. The Balaban J connectivity index is 2.37. The summed E-state index contributed by atoms with van der Waals surface area (Å²) < 4.78 is 0. The third-order valence-corrected chi connectivity index (χ3v) is 2.30. The van der Waals surface area contributed by atoms with Crippen molar-refractivity contribution in [3.63, 3.8) is 0 Å². The Hall–Kier alpha value is -1.17. The third kappa shape index (κ3) is 1.37. The largest absolute Gasteiger partial charge is 0.303 e. The Morgan fingerprint density at radius 3 is 2.92 bits per heavy atom. The average Bonchev–Trinajstić information content (AvgIpc) is 2.46. The van der Waals surface area contributed by atoms with Gasteiger partial charge in [0.1, 0.15) is 5.84 Å². The monoisotopic (exact) mass is 196 g/mol. The van der Waals surface area contributed by atoms with Gasteiger partial charge in [-0.2, -0.15) is 0 Å². The Labute approximate surface area is 79.4 Å². The van der Waals surface area contributed by atoms with Gasteiger partial charge in [0.2, 0.25) is 0 Å². The molecule has 0 spiro atoms. The minimum absolute atomic E-state index is 0.144. The van der Waals surface area contributed by atoms with Gasteiger partial charge in [-0.25, -0.2) is 15.0 Å². The molecule has 6 heteroatoms. The fraction of sp³-hybridized carbons (Fsp3) is 0.429. The highest BCUT2D eigenvalue weighted by Gasteiger charge is 2.32. The second kappa shape index (κ2) is 2.95. The molecule has 1 N–H and O–H groups in total. The molecule has 0 aromatic carbocycles. The molecule has 5 nitrogen and oxygen atoms in total. The van der Waals surface area contributed by atoms with E-state index in [-0.39, 0.29) is 5.91 Å². The van der Waals surface area contributed by atoms with Crippen LogP contribution in [-0.4, -0.2) is 35.0 Å². The molecule has 2 aliphatic rings. The summed E-state index contributed by atoms with van der Waals surface area (Å²) in [6.07, 6.45) is 1.85. The number of aliphatic imine (C=N–C) groups is 3. The zero-order valence-corrected chi connectivity index (χ0v) is 8.05. The van der Waals surface area contributed by atoms with Gasteiger partial charge in [0, 0.05) is 0 Å². The van der Waals surface area contributed by atoms with E-state index in [2.05, 4.69) is 20.3 Å². The predicted octanol–water partition coefficient (Wildman–Crippen LogP) is 0.0343. The number of nitrogens with zero attached hydrogens (tertiary/aromatic N) is 3. The molecule has 1 unspecified atom stereocenters. The summed E-state index contributed by atoms with van der Waals surface area (Å²) in [6.45, 7) is 1.76. The average molecular weight is 196 g/mol. The molecule has 68 valence electrons. The molecule has 0 aromatic heterocycles. The number of thioether (sulfide) groups is 1. The molecular weight excluding hydrogens is 188 g/mol. The van der Waals surface area contributed by atoms with Gasteiger partial charge in [-0.05, 0) is 13.2 Å². The summed E-state index contributed by atoms with van der Waals surface area (Å²) in [5, 5.41) is 3.23. The van der Waals surface area contributed by atoms with Gasteiger partial charge in [0.25, 0.3) is 5.91 Å². The van der Waals surface area contributed by atoms with Crippen LogP contribution in [0.15, 0.2) is 15.0 Å². The zero-order valence-electron chi connectivity index (χ0n) is 7.24. The third-order valence-electron chi connectivity index (χ3n) is 1.72. The number of fused-ring (bicyclic) bond motifs is 1. The fourth-order valence-corrected chi connectivity index (χ4v) is 1.55. The van der Waals surface area contributed by atoms with Crippen molar-refractivity contribution in [2.75, 3.05) is 6.26 Å². The van der Waals surface area contributed by atoms with Gasteiger partial charge in [0.15, 0.2) is 17.0 Å². The minimum atomic E-state index is -0.518. The predicted molar refractivity (Wildman–Crippen MR) is 53.4 cm³/mol. The molecule has 0 radical (unpaired) electrons. The molecule has 2 rings (SSSR count). The molecule has 1 atom stereocenters. The number of hydrogen-bond donors (Lipinski definition) is 1. The molecule has 1 amide bonds. The summed E-state index contributed by atoms with van der Waals surface area (Å²) in [5.41, 5.74) is 0. The molecule has 0 saturated heterocycles. The topological polar surface area (TPSA) is 66.2 Å². The van der Waals surface area contributed by atoms with Crippen molar-refractivity contribution in [2.24, 2.45) is 15.0 Å². The smallest absolute Gasteiger partial charge is 0.258 e. The molecule has 0 bridgehead atoms. The van der Waals surface area contributed by atoms with Gasteiger partial charge in [0.05, 0.1) is 0 Å². The molecule has 2 heterocycles. The van der Waals surface area contributed by atoms with E-state index in [4.69, 9.17) is 0 Å². The summed E-state index contributed by atoms with van der Waals surface area (Å²) in [5.74, 6) is 0.974. The summed E-state index contributed by atoms with van der Waals surface area (Å²) in [7, 11) is 0. The van der Waals surface area contributed by atoms with Crippen molar-refractivity contribution in [3.05, 3.63) is 0 Å². The van der Waals surface area contributed by atoms with Crippen molar-refractivity contribution in [2.45, 2.75) is 13.0 Å². The summed E-state index contributed by atoms with van der Waals surface area (Å²) >= 11 is 1.39. The van der Waals surface area contributed by atoms with Crippen molar-refractivity contribution < 1.29 is 4.79 Å². The first-order valence-electron chi connectivity index (χ1n) is 3.77. The summed E-state index contributed by atoms with van der Waals surface area (Å²) in [4.78, 5) is 23.7. The number of carbonyl (C=O) groups excluding carboxylic acids is 1. The van der Waals surface area contributed by atoms with Crippen LogP contribution in [0.25, 0.3) is 0 Å². The number of carbonyl (C=O) groups is 1. The van der Waals surface area contributed by atoms with E-state index in [1.54, 1.807) is 6.92 Å². The maximum absolute atomic E-state index is 11.4. The van der Waals surface area contributed by atoms with E-state index < -0.39 is 6.04 Å². The lowest BCUT2D eigenvalue weighted by atomic mass is 10.2. The van der Waals surface area contributed by atoms with Gasteiger partial charge in [-0.3, -0.25) is 4.79 Å². The minimum Gasteiger partial charge on any atom is -0.303 e. The molecule has 0 saturated carbocycles. The number of rotatable bonds is 0. The normalized spacial score (nSPS) is 25.8. The van der Waals surface area contributed by atoms with Crippen molar-refractivity contribution >= 4 is 34.5 Å². The molecule has 0 fully saturated rings. The van der Waals surface area contributed by atoms with Crippen LogP contribution in [0.4, 0.5) is 0 Å². The van der Waals surface area contributed by atoms with Crippen molar-refractivity contribution in [3.8, 4) is 0 Å². The zero-order chi connectivity index (χ0) is 9.42. The molecule has 0 aromatic rings. The number of amides is 1. The Morgan fingerprint density at radius 1 is 1.46 bits per heavy atom. The molecule has 2 aliphatic heterocycles. The van der Waals surface area contributed by atoms with E-state index in [1.165, 1.54) is 11.8 Å². The van der Waals surface area contributed by atoms with Crippen molar-refractivity contribution in [1.29, 1.82) is 0 Å².